The number of aryl methyl sites for hydroxylation is 1. The summed E-state index contributed by atoms with van der Waals surface area (Å²) in [5.74, 6) is 1.45. The number of nitrogens with one attached hydrogen (secondary N) is 1. The molecule has 4 heteroatoms. The first-order chi connectivity index (χ1) is 9.15. The molecule has 3 nitrogen and oxygen atoms in total. The summed E-state index contributed by atoms with van der Waals surface area (Å²) >= 11 is 1.68. The van der Waals surface area contributed by atoms with Crippen LogP contribution in [0.5, 0.6) is 5.75 Å². The lowest BCUT2D eigenvalue weighted by molar-refractivity contribution is 0.271. The molecule has 0 unspecified atom stereocenters. The van der Waals surface area contributed by atoms with E-state index in [-0.39, 0.29) is 0 Å². The molecule has 0 saturated heterocycles. The number of anilines is 1. The highest BCUT2D eigenvalue weighted by Gasteiger charge is 2.02. The first-order valence-corrected chi connectivity index (χ1v) is 7.39. The highest BCUT2D eigenvalue weighted by atomic mass is 32.1. The Labute approximate surface area is 118 Å². The fraction of sp³-hybridized carbons (Fsp3) is 0.400. The molecule has 1 aromatic carbocycles. The van der Waals surface area contributed by atoms with Gasteiger partial charge in [-0.3, -0.25) is 0 Å². The van der Waals surface area contributed by atoms with Gasteiger partial charge >= 0.3 is 0 Å². The average Bonchev–Trinajstić information content (AvgIpc) is 2.80. The largest absolute Gasteiger partial charge is 0.493 e. The molecule has 0 atom stereocenters. The number of aromatic nitrogens is 1. The molecule has 1 heterocycles. The zero-order valence-corrected chi connectivity index (χ0v) is 12.5. The van der Waals surface area contributed by atoms with E-state index in [9.17, 15) is 0 Å². The topological polar surface area (TPSA) is 34.2 Å². The number of hydrogen-bond donors (Lipinski definition) is 1. The van der Waals surface area contributed by atoms with Gasteiger partial charge in [-0.25, -0.2) is 4.98 Å². The summed E-state index contributed by atoms with van der Waals surface area (Å²) in [6.07, 6.45) is 0. The molecule has 2 rings (SSSR count). The summed E-state index contributed by atoms with van der Waals surface area (Å²) in [5, 5.41) is 3.41. The van der Waals surface area contributed by atoms with Crippen LogP contribution in [-0.4, -0.2) is 11.6 Å². The van der Waals surface area contributed by atoms with Crippen LogP contribution in [0, 0.1) is 12.8 Å². The minimum Gasteiger partial charge on any atom is -0.493 e. The monoisotopic (exact) mass is 276 g/mol. The van der Waals surface area contributed by atoms with Crippen LogP contribution >= 0.6 is 11.3 Å². The molecule has 0 aliphatic carbocycles. The van der Waals surface area contributed by atoms with Gasteiger partial charge in [-0.05, 0) is 25.0 Å². The van der Waals surface area contributed by atoms with E-state index in [2.05, 4.69) is 30.2 Å². The predicted octanol–water partition coefficient (Wildman–Crippen LogP) is 4.10. The van der Waals surface area contributed by atoms with Crippen LogP contribution in [0.3, 0.4) is 0 Å². The van der Waals surface area contributed by atoms with Crippen LogP contribution in [0.1, 0.15) is 24.4 Å². The van der Waals surface area contributed by atoms with Crippen molar-refractivity contribution >= 4 is 17.0 Å². The van der Waals surface area contributed by atoms with Gasteiger partial charge in [0.25, 0.3) is 0 Å². The van der Waals surface area contributed by atoms with E-state index >= 15 is 0 Å². The van der Waals surface area contributed by atoms with Crippen molar-refractivity contribution in [3.05, 3.63) is 40.3 Å². The second kappa shape index (κ2) is 6.57. The Morgan fingerprint density at radius 3 is 2.89 bits per heavy atom. The van der Waals surface area contributed by atoms with Gasteiger partial charge in [0.15, 0.2) is 0 Å². The molecular formula is C15H20N2OS. The summed E-state index contributed by atoms with van der Waals surface area (Å²) in [5.41, 5.74) is 4.06. The normalized spacial score (nSPS) is 10.7. The van der Waals surface area contributed by atoms with Crippen LogP contribution in [0.4, 0.5) is 5.69 Å². The molecule has 0 radical (unpaired) electrons. The summed E-state index contributed by atoms with van der Waals surface area (Å²) in [4.78, 5) is 5.52. The second-order valence-electron chi connectivity index (χ2n) is 4.95. The zero-order chi connectivity index (χ0) is 13.7. The van der Waals surface area contributed by atoms with Gasteiger partial charge in [0.1, 0.15) is 5.75 Å². The highest BCUT2D eigenvalue weighted by Crippen LogP contribution is 2.20. The van der Waals surface area contributed by atoms with Gasteiger partial charge in [0.05, 0.1) is 24.4 Å². The van der Waals surface area contributed by atoms with Crippen molar-refractivity contribution in [3.63, 3.8) is 0 Å². The van der Waals surface area contributed by atoms with E-state index in [1.54, 1.807) is 11.3 Å². The lowest BCUT2D eigenvalue weighted by Crippen LogP contribution is -2.05. The van der Waals surface area contributed by atoms with Crippen molar-refractivity contribution in [3.8, 4) is 5.75 Å². The molecule has 0 bridgehead atoms. The summed E-state index contributed by atoms with van der Waals surface area (Å²) in [6.45, 7) is 7.89. The Kier molecular flexibility index (Phi) is 4.80. The summed E-state index contributed by atoms with van der Waals surface area (Å²) < 4.78 is 5.72. The Morgan fingerprint density at radius 1 is 1.37 bits per heavy atom. The summed E-state index contributed by atoms with van der Waals surface area (Å²) in [7, 11) is 0. The minimum absolute atomic E-state index is 0.538. The van der Waals surface area contributed by atoms with Crippen LogP contribution in [0.2, 0.25) is 0 Å². The third kappa shape index (κ3) is 4.24. The van der Waals surface area contributed by atoms with Crippen LogP contribution in [0.25, 0.3) is 0 Å². The zero-order valence-electron chi connectivity index (χ0n) is 11.6. The molecule has 0 fully saturated rings. The fourth-order valence-electron chi connectivity index (χ4n) is 1.64. The first kappa shape index (κ1) is 13.9. The van der Waals surface area contributed by atoms with Crippen molar-refractivity contribution in [2.45, 2.75) is 27.3 Å². The Bertz CT molecular complexity index is 522. The SMILES string of the molecule is Cc1ncsc1CNc1cccc(OCC(C)C)c1. The van der Waals surface area contributed by atoms with Gasteiger partial charge in [-0.2, -0.15) is 0 Å². The number of ether oxygens (including phenoxy) is 1. The van der Waals surface area contributed by atoms with Gasteiger partial charge < -0.3 is 10.1 Å². The fourth-order valence-corrected chi connectivity index (χ4v) is 2.35. The second-order valence-corrected chi connectivity index (χ2v) is 5.89. The molecule has 102 valence electrons. The van der Waals surface area contributed by atoms with E-state index in [1.807, 2.05) is 30.6 Å². The number of benzene rings is 1. The van der Waals surface area contributed by atoms with E-state index < -0.39 is 0 Å². The number of hydrogen-bond acceptors (Lipinski definition) is 4. The number of rotatable bonds is 6. The van der Waals surface area contributed by atoms with Gasteiger partial charge in [0, 0.05) is 16.6 Å². The van der Waals surface area contributed by atoms with E-state index in [0.717, 1.165) is 30.3 Å². The van der Waals surface area contributed by atoms with Crippen LogP contribution in [-0.2, 0) is 6.54 Å². The maximum atomic E-state index is 5.72. The number of nitrogens with zero attached hydrogens (tertiary/aromatic N) is 1. The maximum Gasteiger partial charge on any atom is 0.121 e. The van der Waals surface area contributed by atoms with E-state index in [0.29, 0.717) is 5.92 Å². The Hall–Kier alpha value is -1.55. The van der Waals surface area contributed by atoms with E-state index in [1.165, 1.54) is 4.88 Å². The smallest absolute Gasteiger partial charge is 0.121 e. The lowest BCUT2D eigenvalue weighted by atomic mass is 10.2. The molecule has 1 N–H and O–H groups in total. The van der Waals surface area contributed by atoms with Crippen molar-refractivity contribution in [2.75, 3.05) is 11.9 Å². The third-order valence-electron chi connectivity index (χ3n) is 2.72. The van der Waals surface area contributed by atoms with Crippen molar-refractivity contribution in [1.29, 1.82) is 0 Å². The van der Waals surface area contributed by atoms with Crippen LogP contribution in [0.15, 0.2) is 29.8 Å². The standard InChI is InChI=1S/C15H20N2OS/c1-11(2)9-18-14-6-4-5-13(7-14)16-8-15-12(3)17-10-19-15/h4-7,10-11,16H,8-9H2,1-3H3. The Balaban J connectivity index is 1.93. The molecule has 0 amide bonds. The molecule has 0 aliphatic heterocycles. The third-order valence-corrected chi connectivity index (χ3v) is 3.65. The van der Waals surface area contributed by atoms with E-state index in [4.69, 9.17) is 4.74 Å². The number of thiazole rings is 1. The quantitative estimate of drug-likeness (QED) is 0.862. The molecule has 0 spiro atoms. The Morgan fingerprint density at radius 2 is 2.21 bits per heavy atom. The van der Waals surface area contributed by atoms with Gasteiger partial charge in [-0.15, -0.1) is 11.3 Å². The molecule has 0 aliphatic rings. The first-order valence-electron chi connectivity index (χ1n) is 6.51. The van der Waals surface area contributed by atoms with Crippen LogP contribution < -0.4 is 10.1 Å². The van der Waals surface area contributed by atoms with Crippen molar-refractivity contribution in [1.82, 2.24) is 4.98 Å². The molecule has 19 heavy (non-hydrogen) atoms. The molecule has 1 aromatic heterocycles. The van der Waals surface area contributed by atoms with Crippen molar-refractivity contribution in [2.24, 2.45) is 5.92 Å². The predicted molar refractivity (Wildman–Crippen MR) is 81.0 cm³/mol. The molecule has 0 saturated carbocycles. The van der Waals surface area contributed by atoms with Crippen molar-refractivity contribution < 1.29 is 4.74 Å². The lowest BCUT2D eigenvalue weighted by Gasteiger charge is -2.11. The average molecular weight is 276 g/mol. The highest BCUT2D eigenvalue weighted by molar-refractivity contribution is 7.09. The minimum atomic E-state index is 0.538. The molecule has 2 aromatic rings. The van der Waals surface area contributed by atoms with Gasteiger partial charge in [-0.1, -0.05) is 19.9 Å². The van der Waals surface area contributed by atoms with Gasteiger partial charge in [0.2, 0.25) is 0 Å². The molecular weight excluding hydrogens is 256 g/mol. The summed E-state index contributed by atoms with van der Waals surface area (Å²) in [6, 6.07) is 8.10. The maximum absolute atomic E-state index is 5.72.